The zero-order valence-corrected chi connectivity index (χ0v) is 24.8. The summed E-state index contributed by atoms with van der Waals surface area (Å²) in [7, 11) is 1.47. The Morgan fingerprint density at radius 2 is 1.43 bits per heavy atom. The summed E-state index contributed by atoms with van der Waals surface area (Å²) in [5, 5.41) is 23.6. The van der Waals surface area contributed by atoms with E-state index in [1.54, 1.807) is 24.4 Å². The van der Waals surface area contributed by atoms with Crippen molar-refractivity contribution < 1.29 is 75.1 Å². The number of hydrogen-bond acceptors (Lipinski definition) is 9. The molecule has 3 rings (SSSR count). The SMILES string of the molecule is COc1ccc(C(=O)c2ccc(OCCCc3cccnc3)nc2)c(OC(C)(C)C(=O)O)c1.O=C(O)C(F)(F)F.O=C(O)C(F)(F)F. The van der Waals surface area contributed by atoms with Crippen LogP contribution < -0.4 is 14.2 Å². The van der Waals surface area contributed by atoms with Gasteiger partial charge in [-0.1, -0.05) is 6.07 Å². The molecule has 0 spiro atoms. The Kier molecular flexibility index (Phi) is 14.6. The number of methoxy groups -OCH3 is 1. The molecule has 3 N–H and O–H groups in total. The summed E-state index contributed by atoms with van der Waals surface area (Å²) in [5.41, 5.74) is 0.129. The van der Waals surface area contributed by atoms with Gasteiger partial charge in [-0.05, 0) is 56.5 Å². The van der Waals surface area contributed by atoms with Crippen molar-refractivity contribution in [2.24, 2.45) is 0 Å². The Bertz CT molecular complexity index is 1470. The lowest BCUT2D eigenvalue weighted by Gasteiger charge is -2.23. The van der Waals surface area contributed by atoms with E-state index in [0.717, 1.165) is 18.4 Å². The highest BCUT2D eigenvalue weighted by Gasteiger charge is 2.39. The number of alkyl halides is 6. The Morgan fingerprint density at radius 3 is 1.87 bits per heavy atom. The molecule has 256 valence electrons. The number of hydrogen-bond donors (Lipinski definition) is 3. The zero-order chi connectivity index (χ0) is 36.0. The molecule has 12 nitrogen and oxygen atoms in total. The van der Waals surface area contributed by atoms with Crippen LogP contribution in [0.2, 0.25) is 0 Å². The highest BCUT2D eigenvalue weighted by atomic mass is 19.4. The van der Waals surface area contributed by atoms with Gasteiger partial charge in [-0.2, -0.15) is 26.3 Å². The van der Waals surface area contributed by atoms with E-state index < -0.39 is 35.9 Å². The Labute approximate surface area is 262 Å². The normalized spacial score (nSPS) is 11.1. The molecule has 1 aromatic carbocycles. The molecular formula is C29H28F6N2O10. The highest BCUT2D eigenvalue weighted by molar-refractivity contribution is 6.10. The number of carboxylic acids is 3. The summed E-state index contributed by atoms with van der Waals surface area (Å²) < 4.78 is 80.0. The lowest BCUT2D eigenvalue weighted by atomic mass is 10.0. The topological polar surface area (TPSA) is 182 Å². The number of halogens is 6. The maximum atomic E-state index is 13.1. The molecule has 2 aromatic heterocycles. The van der Waals surface area contributed by atoms with E-state index in [2.05, 4.69) is 9.97 Å². The fraction of sp³-hybridized carbons (Fsp3) is 0.310. The summed E-state index contributed by atoms with van der Waals surface area (Å²) in [6.45, 7) is 3.30. The molecule has 0 saturated carbocycles. The molecular weight excluding hydrogens is 650 g/mol. The zero-order valence-electron chi connectivity index (χ0n) is 24.8. The number of benzene rings is 1. The van der Waals surface area contributed by atoms with E-state index in [1.165, 1.54) is 39.3 Å². The van der Waals surface area contributed by atoms with E-state index >= 15 is 0 Å². The first-order chi connectivity index (χ1) is 21.7. The molecule has 0 aliphatic heterocycles. The highest BCUT2D eigenvalue weighted by Crippen LogP contribution is 2.30. The van der Waals surface area contributed by atoms with Crippen molar-refractivity contribution in [1.82, 2.24) is 9.97 Å². The average molecular weight is 679 g/mol. The van der Waals surface area contributed by atoms with Crippen molar-refractivity contribution in [3.8, 4) is 17.4 Å². The second-order valence-corrected chi connectivity index (χ2v) is 9.41. The molecule has 0 saturated heterocycles. The lowest BCUT2D eigenvalue weighted by molar-refractivity contribution is -0.193. The van der Waals surface area contributed by atoms with Gasteiger partial charge >= 0.3 is 30.3 Å². The number of rotatable bonds is 11. The van der Waals surface area contributed by atoms with Crippen molar-refractivity contribution in [3.05, 3.63) is 77.7 Å². The number of carboxylic acid groups (broad SMARTS) is 3. The first-order valence-electron chi connectivity index (χ1n) is 12.9. The Hall–Kier alpha value is -5.42. The minimum Gasteiger partial charge on any atom is -0.497 e. The number of aryl methyl sites for hydroxylation is 1. The Morgan fingerprint density at radius 1 is 0.830 bits per heavy atom. The molecule has 0 unspecified atom stereocenters. The van der Waals surface area contributed by atoms with Crippen molar-refractivity contribution >= 4 is 23.7 Å². The number of carbonyl (C=O) groups excluding carboxylic acids is 1. The van der Waals surface area contributed by atoms with Gasteiger partial charge < -0.3 is 29.5 Å². The minimum atomic E-state index is -5.08. The second kappa shape index (κ2) is 17.3. The molecule has 47 heavy (non-hydrogen) atoms. The number of nitrogens with zero attached hydrogens (tertiary/aromatic N) is 2. The van der Waals surface area contributed by atoms with Crippen LogP contribution in [0, 0.1) is 0 Å². The van der Waals surface area contributed by atoms with Crippen molar-refractivity contribution in [2.45, 2.75) is 44.6 Å². The minimum absolute atomic E-state index is 0.113. The van der Waals surface area contributed by atoms with Crippen molar-refractivity contribution in [3.63, 3.8) is 0 Å². The van der Waals surface area contributed by atoms with Crippen LogP contribution in [-0.4, -0.2) is 80.6 Å². The van der Waals surface area contributed by atoms with Crippen LogP contribution in [0.15, 0.2) is 61.1 Å². The number of aromatic nitrogens is 2. The van der Waals surface area contributed by atoms with Crippen LogP contribution in [-0.2, 0) is 20.8 Å². The largest absolute Gasteiger partial charge is 0.497 e. The predicted octanol–water partition coefficient (Wildman–Crippen LogP) is 5.24. The standard InChI is InChI=1S/C25H26N2O6.2C2HF3O2/c1-25(2,24(29)30)33-21-14-19(31-3)9-10-20(21)23(28)18-8-11-22(27-16-18)32-13-5-7-17-6-4-12-26-15-17;2*3-2(4,5)1(6)7/h4,6,8-12,14-16H,5,7,13H2,1-3H3,(H,29,30);2*(H,6,7). The molecule has 0 radical (unpaired) electrons. The van der Waals surface area contributed by atoms with Crippen molar-refractivity contribution in [2.75, 3.05) is 13.7 Å². The van der Waals surface area contributed by atoms with Gasteiger partial charge in [0.05, 0.1) is 19.3 Å². The number of carbonyl (C=O) groups is 4. The van der Waals surface area contributed by atoms with Gasteiger partial charge in [0.1, 0.15) is 11.5 Å². The number of ether oxygens (including phenoxy) is 3. The molecule has 0 bridgehead atoms. The van der Waals surface area contributed by atoms with Gasteiger partial charge in [-0.25, -0.2) is 19.4 Å². The monoisotopic (exact) mass is 678 g/mol. The fourth-order valence-corrected chi connectivity index (χ4v) is 2.97. The molecule has 2 heterocycles. The number of pyridine rings is 2. The number of aliphatic carboxylic acids is 3. The maximum absolute atomic E-state index is 13.1. The molecule has 0 amide bonds. The first kappa shape index (κ1) is 39.6. The van der Waals surface area contributed by atoms with Crippen LogP contribution in [0.3, 0.4) is 0 Å². The first-order valence-corrected chi connectivity index (χ1v) is 12.9. The summed E-state index contributed by atoms with van der Waals surface area (Å²) >= 11 is 0. The van der Waals surface area contributed by atoms with Gasteiger partial charge in [0, 0.05) is 36.3 Å². The van der Waals surface area contributed by atoms with E-state index in [1.807, 2.05) is 18.3 Å². The quantitative estimate of drug-likeness (QED) is 0.137. The van der Waals surface area contributed by atoms with Crippen LogP contribution >= 0.6 is 0 Å². The number of ketones is 1. The molecule has 0 atom stereocenters. The van der Waals surface area contributed by atoms with Crippen LogP contribution in [0.1, 0.15) is 41.8 Å². The van der Waals surface area contributed by atoms with Gasteiger partial charge in [0.25, 0.3) is 0 Å². The summed E-state index contributed by atoms with van der Waals surface area (Å²) in [5.74, 6) is -6.06. The smallest absolute Gasteiger partial charge is 0.490 e. The van der Waals surface area contributed by atoms with Gasteiger partial charge in [0.2, 0.25) is 5.88 Å². The van der Waals surface area contributed by atoms with Crippen LogP contribution in [0.5, 0.6) is 17.4 Å². The third-order valence-electron chi connectivity index (χ3n) is 5.38. The van der Waals surface area contributed by atoms with E-state index in [4.69, 9.17) is 34.0 Å². The third-order valence-corrected chi connectivity index (χ3v) is 5.38. The van der Waals surface area contributed by atoms with Gasteiger partial charge in [0.15, 0.2) is 11.4 Å². The van der Waals surface area contributed by atoms with Crippen LogP contribution in [0.4, 0.5) is 26.3 Å². The second-order valence-electron chi connectivity index (χ2n) is 9.41. The van der Waals surface area contributed by atoms with E-state index in [-0.39, 0.29) is 17.1 Å². The molecule has 18 heteroatoms. The van der Waals surface area contributed by atoms with E-state index in [9.17, 15) is 41.0 Å². The molecule has 0 aliphatic rings. The molecule has 3 aromatic rings. The van der Waals surface area contributed by atoms with Crippen molar-refractivity contribution in [1.29, 1.82) is 0 Å². The van der Waals surface area contributed by atoms with Crippen LogP contribution in [0.25, 0.3) is 0 Å². The third kappa shape index (κ3) is 14.0. The van der Waals surface area contributed by atoms with E-state index in [0.29, 0.717) is 23.8 Å². The lowest BCUT2D eigenvalue weighted by Crippen LogP contribution is -2.38. The summed E-state index contributed by atoms with van der Waals surface area (Å²) in [6.07, 6.45) is -3.53. The molecule has 0 aliphatic carbocycles. The van der Waals surface area contributed by atoms with Gasteiger partial charge in [-0.3, -0.25) is 9.78 Å². The maximum Gasteiger partial charge on any atom is 0.490 e. The Balaban J connectivity index is 0.000000658. The predicted molar refractivity (Wildman–Crippen MR) is 148 cm³/mol. The summed E-state index contributed by atoms with van der Waals surface area (Å²) in [6, 6.07) is 11.8. The van der Waals surface area contributed by atoms with Gasteiger partial charge in [-0.15, -0.1) is 0 Å². The molecule has 0 fully saturated rings. The fourth-order valence-electron chi connectivity index (χ4n) is 2.97. The summed E-state index contributed by atoms with van der Waals surface area (Å²) in [4.78, 5) is 50.7. The average Bonchev–Trinajstić information content (AvgIpc) is 2.99.